The highest BCUT2D eigenvalue weighted by molar-refractivity contribution is 5.96. The number of aliphatic carboxylic acids is 1. The predicted molar refractivity (Wildman–Crippen MR) is 95.7 cm³/mol. The summed E-state index contributed by atoms with van der Waals surface area (Å²) < 4.78 is 6.99. The Morgan fingerprint density at radius 2 is 1.96 bits per heavy atom. The van der Waals surface area contributed by atoms with Gasteiger partial charge in [-0.05, 0) is 25.0 Å². The van der Waals surface area contributed by atoms with Crippen molar-refractivity contribution in [3.63, 3.8) is 0 Å². The average molecular weight is 357 g/mol. The summed E-state index contributed by atoms with van der Waals surface area (Å²) in [7, 11) is 0. The molecule has 0 saturated carbocycles. The van der Waals surface area contributed by atoms with Gasteiger partial charge >= 0.3 is 5.97 Å². The number of hydrogen-bond acceptors (Lipinski definition) is 4. The average Bonchev–Trinajstić information content (AvgIpc) is 3.07. The third kappa shape index (κ3) is 3.48. The van der Waals surface area contributed by atoms with Crippen LogP contribution in [0.1, 0.15) is 41.4 Å². The van der Waals surface area contributed by atoms with Crippen LogP contribution in [-0.2, 0) is 9.53 Å². The Kier molecular flexibility index (Phi) is 5.08. The molecule has 1 amide bonds. The fourth-order valence-corrected chi connectivity index (χ4v) is 3.12. The van der Waals surface area contributed by atoms with E-state index in [4.69, 9.17) is 9.84 Å². The van der Waals surface area contributed by atoms with E-state index in [0.29, 0.717) is 12.1 Å². The number of rotatable bonds is 4. The molecule has 7 heteroatoms. The van der Waals surface area contributed by atoms with Crippen LogP contribution in [0.15, 0.2) is 30.5 Å². The van der Waals surface area contributed by atoms with Crippen molar-refractivity contribution < 1.29 is 19.4 Å². The number of aromatic nitrogens is 2. The molecular formula is C19H23N3O4. The summed E-state index contributed by atoms with van der Waals surface area (Å²) in [6, 6.07) is 7.94. The van der Waals surface area contributed by atoms with E-state index >= 15 is 0 Å². The first-order valence-corrected chi connectivity index (χ1v) is 8.67. The second-order valence-corrected chi connectivity index (χ2v) is 6.79. The van der Waals surface area contributed by atoms with Gasteiger partial charge in [-0.25, -0.2) is 9.48 Å². The smallest absolute Gasteiger partial charge is 0.334 e. The summed E-state index contributed by atoms with van der Waals surface area (Å²) >= 11 is 0. The Morgan fingerprint density at radius 1 is 1.27 bits per heavy atom. The Morgan fingerprint density at radius 3 is 2.58 bits per heavy atom. The number of morpholine rings is 1. The number of amides is 1. The fourth-order valence-electron chi connectivity index (χ4n) is 3.12. The Labute approximate surface area is 152 Å². The SMILES string of the molecule is Cc1ccc(-n2ncc(C(=O)N3CCOC(C(=O)O)C3)c2C(C)C)cc1. The molecule has 2 aromatic rings. The van der Waals surface area contributed by atoms with Crippen LogP contribution in [0.2, 0.25) is 0 Å². The number of carbonyl (C=O) groups excluding carboxylic acids is 1. The molecule has 1 fully saturated rings. The van der Waals surface area contributed by atoms with E-state index in [2.05, 4.69) is 5.10 Å². The van der Waals surface area contributed by atoms with Crippen LogP contribution in [0, 0.1) is 6.92 Å². The monoisotopic (exact) mass is 357 g/mol. The zero-order chi connectivity index (χ0) is 18.8. The maximum absolute atomic E-state index is 13.0. The van der Waals surface area contributed by atoms with Crippen LogP contribution in [-0.4, -0.2) is 57.5 Å². The lowest BCUT2D eigenvalue weighted by Gasteiger charge is -2.31. The molecule has 1 unspecified atom stereocenters. The molecule has 0 bridgehead atoms. The van der Waals surface area contributed by atoms with Gasteiger partial charge in [0.15, 0.2) is 6.10 Å². The highest BCUT2D eigenvalue weighted by atomic mass is 16.5. The first-order chi connectivity index (χ1) is 12.4. The number of carboxylic acids is 1. The minimum atomic E-state index is -1.05. The van der Waals surface area contributed by atoms with Crippen LogP contribution in [0.5, 0.6) is 0 Å². The number of aryl methyl sites for hydroxylation is 1. The molecule has 1 aliphatic rings. The molecule has 1 N–H and O–H groups in total. The largest absolute Gasteiger partial charge is 0.479 e. The number of nitrogens with zero attached hydrogens (tertiary/aromatic N) is 3. The van der Waals surface area contributed by atoms with Crippen molar-refractivity contribution in [3.8, 4) is 5.69 Å². The minimum Gasteiger partial charge on any atom is -0.479 e. The maximum Gasteiger partial charge on any atom is 0.334 e. The van der Waals surface area contributed by atoms with Crippen LogP contribution >= 0.6 is 0 Å². The van der Waals surface area contributed by atoms with Crippen molar-refractivity contribution in [2.45, 2.75) is 32.8 Å². The molecule has 138 valence electrons. The van der Waals surface area contributed by atoms with Gasteiger partial charge < -0.3 is 14.7 Å². The summed E-state index contributed by atoms with van der Waals surface area (Å²) in [6.45, 7) is 6.67. The molecule has 3 rings (SSSR count). The number of ether oxygens (including phenoxy) is 1. The quantitative estimate of drug-likeness (QED) is 0.907. The molecule has 0 radical (unpaired) electrons. The molecule has 0 aliphatic carbocycles. The topological polar surface area (TPSA) is 84.7 Å². The predicted octanol–water partition coefficient (Wildman–Crippen LogP) is 2.23. The van der Waals surface area contributed by atoms with E-state index in [0.717, 1.165) is 16.9 Å². The van der Waals surface area contributed by atoms with E-state index < -0.39 is 12.1 Å². The summed E-state index contributed by atoms with van der Waals surface area (Å²) in [4.78, 5) is 25.7. The molecule has 1 aromatic carbocycles. The molecule has 1 aliphatic heterocycles. The van der Waals surface area contributed by atoms with E-state index in [-0.39, 0.29) is 25.0 Å². The summed E-state index contributed by atoms with van der Waals surface area (Å²) in [6.07, 6.45) is 0.588. The lowest BCUT2D eigenvalue weighted by Crippen LogP contribution is -2.48. The number of hydrogen-bond donors (Lipinski definition) is 1. The van der Waals surface area contributed by atoms with Gasteiger partial charge in [-0.3, -0.25) is 4.79 Å². The van der Waals surface area contributed by atoms with Gasteiger partial charge in [0.2, 0.25) is 0 Å². The number of carbonyl (C=O) groups is 2. The second-order valence-electron chi connectivity index (χ2n) is 6.79. The van der Waals surface area contributed by atoms with Gasteiger partial charge in [0.1, 0.15) is 0 Å². The zero-order valence-corrected chi connectivity index (χ0v) is 15.2. The first kappa shape index (κ1) is 18.1. The summed E-state index contributed by atoms with van der Waals surface area (Å²) in [5, 5.41) is 13.6. The van der Waals surface area contributed by atoms with Crippen molar-refractivity contribution >= 4 is 11.9 Å². The van der Waals surface area contributed by atoms with Crippen LogP contribution in [0.3, 0.4) is 0 Å². The van der Waals surface area contributed by atoms with E-state index in [1.54, 1.807) is 10.9 Å². The van der Waals surface area contributed by atoms with Gasteiger partial charge in [-0.1, -0.05) is 31.5 Å². The second kappa shape index (κ2) is 7.29. The van der Waals surface area contributed by atoms with Crippen LogP contribution in [0.25, 0.3) is 5.69 Å². The molecular weight excluding hydrogens is 334 g/mol. The van der Waals surface area contributed by atoms with Crippen LogP contribution < -0.4 is 0 Å². The zero-order valence-electron chi connectivity index (χ0n) is 15.2. The summed E-state index contributed by atoms with van der Waals surface area (Å²) in [5.74, 6) is -1.18. The Bertz CT molecular complexity index is 811. The van der Waals surface area contributed by atoms with Crippen molar-refractivity contribution in [2.24, 2.45) is 0 Å². The third-order valence-electron chi connectivity index (χ3n) is 4.49. The Hall–Kier alpha value is -2.67. The highest BCUT2D eigenvalue weighted by Crippen LogP contribution is 2.25. The molecule has 2 heterocycles. The van der Waals surface area contributed by atoms with Gasteiger partial charge in [-0.2, -0.15) is 5.10 Å². The molecule has 1 saturated heterocycles. The third-order valence-corrected chi connectivity index (χ3v) is 4.49. The lowest BCUT2D eigenvalue weighted by molar-refractivity contribution is -0.154. The number of benzene rings is 1. The van der Waals surface area contributed by atoms with Gasteiger partial charge in [0.25, 0.3) is 5.91 Å². The molecule has 7 nitrogen and oxygen atoms in total. The van der Waals surface area contributed by atoms with E-state index in [1.807, 2.05) is 45.0 Å². The summed E-state index contributed by atoms with van der Waals surface area (Å²) in [5.41, 5.74) is 3.36. The molecule has 0 spiro atoms. The van der Waals surface area contributed by atoms with Gasteiger partial charge in [-0.15, -0.1) is 0 Å². The first-order valence-electron chi connectivity index (χ1n) is 8.67. The maximum atomic E-state index is 13.0. The highest BCUT2D eigenvalue weighted by Gasteiger charge is 2.32. The minimum absolute atomic E-state index is 0.0431. The van der Waals surface area contributed by atoms with Crippen LogP contribution in [0.4, 0.5) is 0 Å². The standard InChI is InChI=1S/C19H23N3O4/c1-12(2)17-15(10-20-22(17)14-6-4-13(3)5-7-14)18(23)21-8-9-26-16(11-21)19(24)25/h4-7,10,12,16H,8-9,11H2,1-3H3,(H,24,25). The molecule has 1 aromatic heterocycles. The van der Waals surface area contributed by atoms with Crippen molar-refractivity contribution in [3.05, 3.63) is 47.3 Å². The Balaban J connectivity index is 1.93. The van der Waals surface area contributed by atoms with Crippen molar-refractivity contribution in [2.75, 3.05) is 19.7 Å². The molecule has 1 atom stereocenters. The van der Waals surface area contributed by atoms with Gasteiger partial charge in [0, 0.05) is 6.54 Å². The van der Waals surface area contributed by atoms with E-state index in [1.165, 1.54) is 4.90 Å². The van der Waals surface area contributed by atoms with Gasteiger partial charge in [0.05, 0.1) is 36.3 Å². The van der Waals surface area contributed by atoms with Crippen molar-refractivity contribution in [1.82, 2.24) is 14.7 Å². The van der Waals surface area contributed by atoms with Crippen molar-refractivity contribution in [1.29, 1.82) is 0 Å². The normalized spacial score (nSPS) is 17.5. The lowest BCUT2D eigenvalue weighted by atomic mass is 10.0. The molecule has 26 heavy (non-hydrogen) atoms. The fraction of sp³-hybridized carbons (Fsp3) is 0.421. The van der Waals surface area contributed by atoms with E-state index in [9.17, 15) is 9.59 Å². The number of carboxylic acid groups (broad SMARTS) is 1.